The summed E-state index contributed by atoms with van der Waals surface area (Å²) in [5.74, 6) is 0.118. The molecule has 0 aliphatic carbocycles. The molecule has 0 unspecified atom stereocenters. The molecule has 3 heterocycles. The molecule has 10 heteroatoms. The molecule has 0 saturated carbocycles. The molecule has 1 aliphatic rings. The number of anilines is 2. The standard InChI is InChI=1S/C24H25N7O3/c25-22-23-28-31(19-4-2-1-3-5-19)24(33)30(23)16-20(27-22)17-6-8-18(9-7-17)26-21(32)10-11-29-12-14-34-15-13-29/h1-9,16H,10-15H2,(H2,25,27)(H,26,32). The van der Waals surface area contributed by atoms with Gasteiger partial charge in [0.05, 0.1) is 24.6 Å². The van der Waals surface area contributed by atoms with Crippen LogP contribution in [0.2, 0.25) is 0 Å². The Hall–Kier alpha value is -4.02. The van der Waals surface area contributed by atoms with Crippen LogP contribution in [-0.2, 0) is 9.53 Å². The highest BCUT2D eigenvalue weighted by molar-refractivity contribution is 5.91. The molecule has 1 amide bonds. The van der Waals surface area contributed by atoms with E-state index in [2.05, 4.69) is 20.3 Å². The number of carbonyl (C=O) groups is 1. The van der Waals surface area contributed by atoms with Crippen molar-refractivity contribution in [3.8, 4) is 16.9 Å². The van der Waals surface area contributed by atoms with Gasteiger partial charge in [0.15, 0.2) is 5.82 Å². The lowest BCUT2D eigenvalue weighted by Gasteiger charge is -2.26. The number of nitrogens with one attached hydrogen (secondary N) is 1. The number of nitrogens with zero attached hydrogens (tertiary/aromatic N) is 5. The number of hydrogen-bond donors (Lipinski definition) is 2. The molecule has 4 aromatic rings. The molecule has 2 aromatic carbocycles. The van der Waals surface area contributed by atoms with Crippen molar-refractivity contribution in [1.29, 1.82) is 0 Å². The minimum Gasteiger partial charge on any atom is -0.381 e. The number of carbonyl (C=O) groups excluding carboxylic acids is 1. The summed E-state index contributed by atoms with van der Waals surface area (Å²) in [6.07, 6.45) is 2.04. The predicted molar refractivity (Wildman–Crippen MR) is 129 cm³/mol. The smallest absolute Gasteiger partial charge is 0.355 e. The van der Waals surface area contributed by atoms with Gasteiger partial charge in [-0.2, -0.15) is 4.68 Å². The van der Waals surface area contributed by atoms with E-state index < -0.39 is 0 Å². The molecule has 0 atom stereocenters. The van der Waals surface area contributed by atoms with E-state index in [-0.39, 0.29) is 17.4 Å². The summed E-state index contributed by atoms with van der Waals surface area (Å²) in [5, 5.41) is 7.26. The summed E-state index contributed by atoms with van der Waals surface area (Å²) in [6.45, 7) is 3.85. The van der Waals surface area contributed by atoms with Gasteiger partial charge in [-0.25, -0.2) is 14.2 Å². The van der Waals surface area contributed by atoms with Gasteiger partial charge in [-0.3, -0.25) is 9.69 Å². The SMILES string of the molecule is Nc1nc(-c2ccc(NC(=O)CCN3CCOCC3)cc2)cn2c(=O)n(-c3ccccc3)nc12. The minimum absolute atomic E-state index is 0.0390. The first-order valence-electron chi connectivity index (χ1n) is 11.1. The number of para-hydroxylation sites is 1. The number of hydrogen-bond acceptors (Lipinski definition) is 7. The fourth-order valence-electron chi connectivity index (χ4n) is 3.91. The number of aromatic nitrogens is 4. The summed E-state index contributed by atoms with van der Waals surface area (Å²) >= 11 is 0. The highest BCUT2D eigenvalue weighted by Crippen LogP contribution is 2.22. The summed E-state index contributed by atoms with van der Waals surface area (Å²) < 4.78 is 8.02. The molecule has 5 rings (SSSR count). The van der Waals surface area contributed by atoms with Crippen LogP contribution < -0.4 is 16.7 Å². The van der Waals surface area contributed by atoms with Crippen LogP contribution in [0.1, 0.15) is 6.42 Å². The molecule has 0 bridgehead atoms. The number of rotatable bonds is 6. The molecular formula is C24H25N7O3. The maximum atomic E-state index is 12.9. The Morgan fingerprint density at radius 3 is 2.53 bits per heavy atom. The van der Waals surface area contributed by atoms with E-state index in [0.29, 0.717) is 48.9 Å². The molecule has 10 nitrogen and oxygen atoms in total. The Bertz CT molecular complexity index is 1360. The molecule has 1 aliphatic heterocycles. The second-order valence-electron chi connectivity index (χ2n) is 8.06. The van der Waals surface area contributed by atoms with E-state index in [0.717, 1.165) is 18.7 Å². The van der Waals surface area contributed by atoms with Gasteiger partial charge < -0.3 is 15.8 Å². The van der Waals surface area contributed by atoms with Gasteiger partial charge in [-0.05, 0) is 24.3 Å². The van der Waals surface area contributed by atoms with Gasteiger partial charge in [0.2, 0.25) is 11.6 Å². The van der Waals surface area contributed by atoms with Crippen LogP contribution in [0, 0.1) is 0 Å². The van der Waals surface area contributed by atoms with Crippen molar-refractivity contribution in [3.05, 3.63) is 71.3 Å². The molecule has 3 N–H and O–H groups in total. The Kier molecular flexibility index (Phi) is 6.07. The largest absolute Gasteiger partial charge is 0.381 e. The molecule has 1 fully saturated rings. The summed E-state index contributed by atoms with van der Waals surface area (Å²) in [4.78, 5) is 31.9. The lowest BCUT2D eigenvalue weighted by Crippen LogP contribution is -2.38. The van der Waals surface area contributed by atoms with E-state index in [1.54, 1.807) is 30.5 Å². The number of nitrogens with two attached hydrogens (primary N) is 1. The monoisotopic (exact) mass is 459 g/mol. The van der Waals surface area contributed by atoms with E-state index >= 15 is 0 Å². The van der Waals surface area contributed by atoms with Crippen LogP contribution in [0.4, 0.5) is 11.5 Å². The number of amides is 1. The van der Waals surface area contributed by atoms with Crippen LogP contribution in [0.15, 0.2) is 65.6 Å². The second-order valence-corrected chi connectivity index (χ2v) is 8.06. The zero-order chi connectivity index (χ0) is 23.5. The van der Waals surface area contributed by atoms with Crippen molar-refractivity contribution in [2.24, 2.45) is 0 Å². The quantitative estimate of drug-likeness (QED) is 0.451. The summed E-state index contributed by atoms with van der Waals surface area (Å²) in [5.41, 5.74) is 8.72. The number of benzene rings is 2. The van der Waals surface area contributed by atoms with Gasteiger partial charge in [0.1, 0.15) is 0 Å². The number of nitrogen functional groups attached to an aromatic ring is 1. The molecule has 0 radical (unpaired) electrons. The highest BCUT2D eigenvalue weighted by Gasteiger charge is 2.15. The van der Waals surface area contributed by atoms with E-state index in [4.69, 9.17) is 10.5 Å². The van der Waals surface area contributed by atoms with Gasteiger partial charge in [0, 0.05) is 43.5 Å². The van der Waals surface area contributed by atoms with Crippen LogP contribution in [0.5, 0.6) is 0 Å². The first kappa shape index (κ1) is 21.8. The third-order valence-electron chi connectivity index (χ3n) is 5.76. The van der Waals surface area contributed by atoms with Gasteiger partial charge in [-0.15, -0.1) is 5.10 Å². The Morgan fingerprint density at radius 1 is 1.06 bits per heavy atom. The molecule has 174 valence electrons. The lowest BCUT2D eigenvalue weighted by atomic mass is 10.1. The van der Waals surface area contributed by atoms with Crippen LogP contribution in [0.3, 0.4) is 0 Å². The predicted octanol–water partition coefficient (Wildman–Crippen LogP) is 1.79. The zero-order valence-corrected chi connectivity index (χ0v) is 18.6. The third kappa shape index (κ3) is 4.54. The Balaban J connectivity index is 1.32. The minimum atomic E-state index is -0.333. The van der Waals surface area contributed by atoms with Crippen molar-refractivity contribution < 1.29 is 9.53 Å². The van der Waals surface area contributed by atoms with E-state index in [1.807, 2.05) is 30.3 Å². The van der Waals surface area contributed by atoms with Gasteiger partial charge in [-0.1, -0.05) is 30.3 Å². The first-order valence-corrected chi connectivity index (χ1v) is 11.1. The van der Waals surface area contributed by atoms with Crippen molar-refractivity contribution in [2.75, 3.05) is 43.9 Å². The first-order chi connectivity index (χ1) is 16.6. The average Bonchev–Trinajstić information content (AvgIpc) is 3.21. The lowest BCUT2D eigenvalue weighted by molar-refractivity contribution is -0.116. The Morgan fingerprint density at radius 2 is 1.79 bits per heavy atom. The van der Waals surface area contributed by atoms with Crippen LogP contribution >= 0.6 is 0 Å². The fraction of sp³-hybridized carbons (Fsp3) is 0.250. The second kappa shape index (κ2) is 9.46. The molecule has 34 heavy (non-hydrogen) atoms. The van der Waals surface area contributed by atoms with Crippen LogP contribution in [-0.4, -0.2) is 62.8 Å². The van der Waals surface area contributed by atoms with Crippen molar-refractivity contribution in [3.63, 3.8) is 0 Å². The number of fused-ring (bicyclic) bond motifs is 1. The fourth-order valence-corrected chi connectivity index (χ4v) is 3.91. The molecule has 1 saturated heterocycles. The normalized spacial score (nSPS) is 14.4. The highest BCUT2D eigenvalue weighted by atomic mass is 16.5. The molecule has 0 spiro atoms. The molecular weight excluding hydrogens is 434 g/mol. The maximum absolute atomic E-state index is 12.9. The maximum Gasteiger partial charge on any atom is 0.355 e. The molecule has 2 aromatic heterocycles. The number of ether oxygens (including phenoxy) is 1. The Labute approximate surface area is 195 Å². The average molecular weight is 460 g/mol. The zero-order valence-electron chi connectivity index (χ0n) is 18.6. The van der Waals surface area contributed by atoms with E-state index in [1.165, 1.54) is 9.08 Å². The van der Waals surface area contributed by atoms with Gasteiger partial charge >= 0.3 is 5.69 Å². The summed E-state index contributed by atoms with van der Waals surface area (Å²) in [6, 6.07) is 16.4. The van der Waals surface area contributed by atoms with Gasteiger partial charge in [0.25, 0.3) is 0 Å². The van der Waals surface area contributed by atoms with Crippen LogP contribution in [0.25, 0.3) is 22.6 Å². The van der Waals surface area contributed by atoms with E-state index in [9.17, 15) is 9.59 Å². The number of morpholine rings is 1. The van der Waals surface area contributed by atoms with Crippen molar-refractivity contribution in [1.82, 2.24) is 24.1 Å². The topological polar surface area (TPSA) is 120 Å². The van der Waals surface area contributed by atoms with Crippen molar-refractivity contribution in [2.45, 2.75) is 6.42 Å². The summed E-state index contributed by atoms with van der Waals surface area (Å²) in [7, 11) is 0. The van der Waals surface area contributed by atoms with Crippen molar-refractivity contribution >= 4 is 23.1 Å². The third-order valence-corrected chi connectivity index (χ3v) is 5.76.